The smallest absolute Gasteiger partial charge is 0.273 e. The maximum atomic E-state index is 12.0. The molecule has 1 aromatic carbocycles. The Balaban J connectivity index is 1.93. The second-order valence-corrected chi connectivity index (χ2v) is 5.59. The van der Waals surface area contributed by atoms with E-state index < -0.39 is 4.92 Å². The summed E-state index contributed by atoms with van der Waals surface area (Å²) >= 11 is 0. The summed E-state index contributed by atoms with van der Waals surface area (Å²) in [5.41, 5.74) is 0.485. The average Bonchev–Trinajstić information content (AvgIpc) is 2.41. The van der Waals surface area contributed by atoms with Crippen molar-refractivity contribution in [1.29, 1.82) is 0 Å². The lowest BCUT2D eigenvalue weighted by Gasteiger charge is -2.26. The first-order valence-corrected chi connectivity index (χ1v) is 7.08. The molecular weight excluding hydrogens is 256 g/mol. The summed E-state index contributed by atoms with van der Waals surface area (Å²) in [7, 11) is 0. The molecule has 1 aliphatic carbocycles. The van der Waals surface area contributed by atoms with E-state index in [1.807, 2.05) is 0 Å². The maximum Gasteiger partial charge on any atom is 0.273 e. The molecule has 5 nitrogen and oxygen atoms in total. The van der Waals surface area contributed by atoms with E-state index >= 15 is 0 Å². The molecule has 1 N–H and O–H groups in total. The van der Waals surface area contributed by atoms with Crippen LogP contribution in [0.4, 0.5) is 5.69 Å². The number of nitrogens with zero attached hydrogens (tertiary/aromatic N) is 1. The van der Waals surface area contributed by atoms with Crippen LogP contribution in [0.5, 0.6) is 0 Å². The topological polar surface area (TPSA) is 72.2 Å². The molecule has 1 aliphatic rings. The lowest BCUT2D eigenvalue weighted by atomic mass is 9.87. The number of nitro groups is 1. The SMILES string of the molecule is CC1CCC(NC(=O)Cc2ccccc2[N+](=O)[O-])CC1. The number of carbonyl (C=O) groups is 1. The fraction of sp³-hybridized carbons (Fsp3) is 0.533. The molecule has 108 valence electrons. The van der Waals surface area contributed by atoms with Gasteiger partial charge >= 0.3 is 0 Å². The molecule has 1 aromatic rings. The molecule has 1 fully saturated rings. The zero-order valence-corrected chi connectivity index (χ0v) is 11.7. The molecule has 1 amide bonds. The summed E-state index contributed by atoms with van der Waals surface area (Å²) < 4.78 is 0. The van der Waals surface area contributed by atoms with Crippen LogP contribution in [0.2, 0.25) is 0 Å². The van der Waals surface area contributed by atoms with Crippen molar-refractivity contribution >= 4 is 11.6 Å². The molecule has 5 heteroatoms. The second-order valence-electron chi connectivity index (χ2n) is 5.59. The van der Waals surface area contributed by atoms with Crippen molar-refractivity contribution in [1.82, 2.24) is 5.32 Å². The predicted molar refractivity (Wildman–Crippen MR) is 76.4 cm³/mol. The Labute approximate surface area is 118 Å². The summed E-state index contributed by atoms with van der Waals surface area (Å²) in [6, 6.07) is 6.63. The molecule has 2 rings (SSSR count). The van der Waals surface area contributed by atoms with Crippen molar-refractivity contribution in [2.24, 2.45) is 5.92 Å². The third kappa shape index (κ3) is 3.79. The number of hydrogen-bond acceptors (Lipinski definition) is 3. The van der Waals surface area contributed by atoms with Crippen molar-refractivity contribution in [3.05, 3.63) is 39.9 Å². The molecular formula is C15H20N2O3. The Morgan fingerprint density at radius 1 is 1.30 bits per heavy atom. The van der Waals surface area contributed by atoms with E-state index in [1.165, 1.54) is 6.07 Å². The van der Waals surface area contributed by atoms with E-state index in [0.717, 1.165) is 31.6 Å². The summed E-state index contributed by atoms with van der Waals surface area (Å²) in [5, 5.41) is 13.9. The largest absolute Gasteiger partial charge is 0.353 e. The van der Waals surface area contributed by atoms with E-state index in [2.05, 4.69) is 12.2 Å². The number of rotatable bonds is 4. The molecule has 0 spiro atoms. The van der Waals surface area contributed by atoms with Gasteiger partial charge in [-0.05, 0) is 31.6 Å². The molecule has 0 atom stereocenters. The minimum absolute atomic E-state index is 0.0138. The van der Waals surface area contributed by atoms with E-state index in [4.69, 9.17) is 0 Å². The average molecular weight is 276 g/mol. The zero-order valence-electron chi connectivity index (χ0n) is 11.7. The van der Waals surface area contributed by atoms with Crippen molar-refractivity contribution in [2.75, 3.05) is 0 Å². The maximum absolute atomic E-state index is 12.0. The number of nitro benzene ring substituents is 1. The minimum atomic E-state index is -0.440. The highest BCUT2D eigenvalue weighted by molar-refractivity contribution is 5.80. The number of carbonyl (C=O) groups excluding carboxylic acids is 1. The number of hydrogen-bond donors (Lipinski definition) is 1. The lowest BCUT2D eigenvalue weighted by molar-refractivity contribution is -0.385. The first kappa shape index (κ1) is 14.5. The molecule has 0 unspecified atom stereocenters. The fourth-order valence-electron chi connectivity index (χ4n) is 2.69. The van der Waals surface area contributed by atoms with Crippen LogP contribution in [0, 0.1) is 16.0 Å². The summed E-state index contributed by atoms with van der Waals surface area (Å²) in [6.45, 7) is 2.23. The van der Waals surface area contributed by atoms with Gasteiger partial charge in [-0.15, -0.1) is 0 Å². The van der Waals surface area contributed by atoms with Crippen LogP contribution in [0.15, 0.2) is 24.3 Å². The van der Waals surface area contributed by atoms with Crippen LogP contribution >= 0.6 is 0 Å². The third-order valence-electron chi connectivity index (χ3n) is 3.92. The van der Waals surface area contributed by atoms with Gasteiger partial charge in [0, 0.05) is 17.7 Å². The quantitative estimate of drug-likeness (QED) is 0.679. The highest BCUT2D eigenvalue weighted by Gasteiger charge is 2.21. The minimum Gasteiger partial charge on any atom is -0.353 e. The van der Waals surface area contributed by atoms with E-state index in [1.54, 1.807) is 18.2 Å². The Morgan fingerprint density at radius 3 is 2.60 bits per heavy atom. The van der Waals surface area contributed by atoms with Crippen molar-refractivity contribution in [2.45, 2.75) is 45.1 Å². The fourth-order valence-corrected chi connectivity index (χ4v) is 2.69. The first-order valence-electron chi connectivity index (χ1n) is 7.08. The number of para-hydroxylation sites is 1. The van der Waals surface area contributed by atoms with Crippen LogP contribution in [0.25, 0.3) is 0 Å². The van der Waals surface area contributed by atoms with Crippen LogP contribution in [0.3, 0.4) is 0 Å². The highest BCUT2D eigenvalue weighted by Crippen LogP contribution is 2.24. The number of amides is 1. The van der Waals surface area contributed by atoms with E-state index in [9.17, 15) is 14.9 Å². The second kappa shape index (κ2) is 6.50. The zero-order chi connectivity index (χ0) is 14.5. The van der Waals surface area contributed by atoms with E-state index in [-0.39, 0.29) is 24.1 Å². The standard InChI is InChI=1S/C15H20N2O3/c1-11-6-8-13(9-7-11)16-15(18)10-12-4-2-3-5-14(12)17(19)20/h2-5,11,13H,6-10H2,1H3,(H,16,18). The first-order chi connectivity index (χ1) is 9.56. The summed E-state index contributed by atoms with van der Waals surface area (Å²) in [5.74, 6) is 0.609. The van der Waals surface area contributed by atoms with Crippen LogP contribution in [0.1, 0.15) is 38.2 Å². The van der Waals surface area contributed by atoms with Gasteiger partial charge in [-0.25, -0.2) is 0 Å². The van der Waals surface area contributed by atoms with Gasteiger partial charge in [-0.2, -0.15) is 0 Å². The molecule has 0 heterocycles. The number of benzene rings is 1. The van der Waals surface area contributed by atoms with E-state index in [0.29, 0.717) is 5.56 Å². The Bertz CT molecular complexity index is 494. The van der Waals surface area contributed by atoms with Crippen molar-refractivity contribution in [3.63, 3.8) is 0 Å². The lowest BCUT2D eigenvalue weighted by Crippen LogP contribution is -2.38. The Morgan fingerprint density at radius 2 is 1.95 bits per heavy atom. The summed E-state index contributed by atoms with van der Waals surface area (Å²) in [4.78, 5) is 22.5. The predicted octanol–water partition coefficient (Wildman–Crippen LogP) is 2.83. The van der Waals surface area contributed by atoms with Crippen molar-refractivity contribution < 1.29 is 9.72 Å². The molecule has 0 saturated heterocycles. The molecule has 0 aliphatic heterocycles. The van der Waals surface area contributed by atoms with Gasteiger partial charge in [0.25, 0.3) is 5.69 Å². The van der Waals surface area contributed by atoms with Crippen LogP contribution in [-0.4, -0.2) is 16.9 Å². The van der Waals surface area contributed by atoms with Gasteiger partial charge in [-0.3, -0.25) is 14.9 Å². The highest BCUT2D eigenvalue weighted by atomic mass is 16.6. The molecule has 0 aromatic heterocycles. The van der Waals surface area contributed by atoms with Crippen molar-refractivity contribution in [3.8, 4) is 0 Å². The van der Waals surface area contributed by atoms with Gasteiger partial charge < -0.3 is 5.32 Å². The monoisotopic (exact) mass is 276 g/mol. The molecule has 20 heavy (non-hydrogen) atoms. The molecule has 0 bridgehead atoms. The van der Waals surface area contributed by atoms with Crippen LogP contribution in [-0.2, 0) is 11.2 Å². The van der Waals surface area contributed by atoms with Gasteiger partial charge in [0.15, 0.2) is 0 Å². The Hall–Kier alpha value is -1.91. The number of nitrogens with one attached hydrogen (secondary N) is 1. The van der Waals surface area contributed by atoms with Crippen LogP contribution < -0.4 is 5.32 Å². The van der Waals surface area contributed by atoms with Gasteiger partial charge in [0.1, 0.15) is 0 Å². The molecule has 0 radical (unpaired) electrons. The molecule has 1 saturated carbocycles. The third-order valence-corrected chi connectivity index (χ3v) is 3.92. The van der Waals surface area contributed by atoms with Gasteiger partial charge in [0.05, 0.1) is 11.3 Å². The summed E-state index contributed by atoms with van der Waals surface area (Å²) in [6.07, 6.45) is 4.35. The van der Waals surface area contributed by atoms with Gasteiger partial charge in [0.2, 0.25) is 5.91 Å². The normalized spacial score (nSPS) is 22.2. The Kier molecular flexibility index (Phi) is 4.71. The van der Waals surface area contributed by atoms with Gasteiger partial charge in [-0.1, -0.05) is 25.1 Å².